The molecule has 0 aromatic carbocycles. The van der Waals surface area contributed by atoms with Crippen LogP contribution in [-0.2, 0) is 6.54 Å². The molecule has 2 aliphatic rings. The molecule has 0 spiro atoms. The van der Waals surface area contributed by atoms with Crippen molar-refractivity contribution in [1.82, 2.24) is 20.3 Å². The maximum absolute atomic E-state index is 12.2. The fourth-order valence-electron chi connectivity index (χ4n) is 3.58. The molecule has 0 bridgehead atoms. The van der Waals surface area contributed by atoms with Gasteiger partial charge in [0.25, 0.3) is 5.91 Å². The predicted molar refractivity (Wildman–Crippen MR) is 89.6 cm³/mol. The molecule has 2 fully saturated rings. The van der Waals surface area contributed by atoms with Crippen LogP contribution in [0.3, 0.4) is 0 Å². The van der Waals surface area contributed by atoms with Crippen LogP contribution in [0.5, 0.6) is 0 Å². The van der Waals surface area contributed by atoms with Crippen molar-refractivity contribution in [2.45, 2.75) is 50.8 Å². The molecule has 2 aliphatic heterocycles. The molecule has 3 heterocycles. The van der Waals surface area contributed by atoms with Crippen LogP contribution in [0.4, 0.5) is 0 Å². The van der Waals surface area contributed by atoms with Gasteiger partial charge < -0.3 is 19.8 Å². The molecule has 1 aromatic rings. The number of piperidine rings is 1. The molecule has 2 N–H and O–H groups in total. The summed E-state index contributed by atoms with van der Waals surface area (Å²) in [5.41, 5.74) is 0.349. The Morgan fingerprint density at radius 3 is 2.88 bits per heavy atom. The minimum atomic E-state index is -0.184. The van der Waals surface area contributed by atoms with Gasteiger partial charge in [-0.25, -0.2) is 0 Å². The van der Waals surface area contributed by atoms with Crippen molar-refractivity contribution in [3.8, 4) is 0 Å². The summed E-state index contributed by atoms with van der Waals surface area (Å²) < 4.78 is 5.29. The van der Waals surface area contributed by atoms with Crippen molar-refractivity contribution in [2.75, 3.05) is 33.2 Å². The lowest BCUT2D eigenvalue weighted by Crippen LogP contribution is -2.35. The highest BCUT2D eigenvalue weighted by molar-refractivity contribution is 5.92. The number of amides is 1. The zero-order valence-electron chi connectivity index (χ0n) is 14.4. The second kappa shape index (κ2) is 8.09. The van der Waals surface area contributed by atoms with Gasteiger partial charge in [-0.15, -0.1) is 0 Å². The second-order valence-electron chi connectivity index (χ2n) is 7.01. The second-order valence-corrected chi connectivity index (χ2v) is 7.01. The van der Waals surface area contributed by atoms with Gasteiger partial charge in [0.1, 0.15) is 0 Å². The molecular formula is C17H28N4O3. The summed E-state index contributed by atoms with van der Waals surface area (Å²) >= 11 is 0. The number of likely N-dealkylation sites (tertiary alicyclic amines) is 2. The Bertz CT molecular complexity index is 540. The molecule has 1 aromatic heterocycles. The molecule has 7 heteroatoms. The van der Waals surface area contributed by atoms with E-state index in [1.54, 1.807) is 6.07 Å². The summed E-state index contributed by atoms with van der Waals surface area (Å²) in [6.45, 7) is 4.15. The van der Waals surface area contributed by atoms with Gasteiger partial charge in [-0.3, -0.25) is 9.69 Å². The Labute approximate surface area is 143 Å². The molecular weight excluding hydrogens is 308 g/mol. The fraction of sp³-hybridized carbons (Fsp3) is 0.765. The third-order valence-electron chi connectivity index (χ3n) is 5.16. The number of aromatic nitrogens is 1. The van der Waals surface area contributed by atoms with Gasteiger partial charge in [-0.05, 0) is 45.7 Å². The van der Waals surface area contributed by atoms with E-state index >= 15 is 0 Å². The van der Waals surface area contributed by atoms with Crippen molar-refractivity contribution < 1.29 is 14.4 Å². The smallest absolute Gasteiger partial charge is 0.273 e. The van der Waals surface area contributed by atoms with Gasteiger partial charge in [-0.2, -0.15) is 0 Å². The van der Waals surface area contributed by atoms with Crippen LogP contribution < -0.4 is 5.32 Å². The third-order valence-corrected chi connectivity index (χ3v) is 5.16. The van der Waals surface area contributed by atoms with Crippen LogP contribution in [0.25, 0.3) is 0 Å². The van der Waals surface area contributed by atoms with Gasteiger partial charge in [-0.1, -0.05) is 5.16 Å². The predicted octanol–water partition coefficient (Wildman–Crippen LogP) is 0.845. The molecule has 2 saturated heterocycles. The summed E-state index contributed by atoms with van der Waals surface area (Å²) in [6, 6.07) is 2.30. The van der Waals surface area contributed by atoms with Gasteiger partial charge in [0, 0.05) is 31.7 Å². The number of nitrogens with zero attached hydrogens (tertiary/aromatic N) is 3. The lowest BCUT2D eigenvalue weighted by molar-refractivity contribution is 0.0748. The molecule has 24 heavy (non-hydrogen) atoms. The summed E-state index contributed by atoms with van der Waals surface area (Å²) in [7, 11) is 2.14. The summed E-state index contributed by atoms with van der Waals surface area (Å²) in [6.07, 6.45) is 4.83. The first-order chi connectivity index (χ1) is 11.6. The van der Waals surface area contributed by atoms with Crippen LogP contribution >= 0.6 is 0 Å². The Hall–Kier alpha value is -1.44. The molecule has 0 radical (unpaired) electrons. The number of rotatable bonds is 6. The Morgan fingerprint density at radius 2 is 2.17 bits per heavy atom. The molecule has 1 atom stereocenters. The van der Waals surface area contributed by atoms with E-state index in [0.717, 1.165) is 38.9 Å². The molecule has 0 aliphatic carbocycles. The molecule has 0 saturated carbocycles. The SMILES string of the molecule is CN1CCC[C@@H]1CCNC(=O)c1cc(CN2CCC(O)CC2)on1. The van der Waals surface area contributed by atoms with E-state index in [1.807, 2.05) is 0 Å². The first-order valence-electron chi connectivity index (χ1n) is 8.96. The first kappa shape index (κ1) is 17.4. The summed E-state index contributed by atoms with van der Waals surface area (Å²) in [5, 5.41) is 16.4. The van der Waals surface area contributed by atoms with Crippen LogP contribution in [-0.4, -0.2) is 71.3 Å². The molecule has 0 unspecified atom stereocenters. The minimum absolute atomic E-state index is 0.167. The van der Waals surface area contributed by atoms with E-state index in [9.17, 15) is 9.90 Å². The van der Waals surface area contributed by atoms with Crippen molar-refractivity contribution in [2.24, 2.45) is 0 Å². The highest BCUT2D eigenvalue weighted by Crippen LogP contribution is 2.17. The number of nitrogens with one attached hydrogen (secondary N) is 1. The van der Waals surface area contributed by atoms with Gasteiger partial charge >= 0.3 is 0 Å². The van der Waals surface area contributed by atoms with Crippen molar-refractivity contribution >= 4 is 5.91 Å². The van der Waals surface area contributed by atoms with E-state index in [1.165, 1.54) is 12.8 Å². The maximum Gasteiger partial charge on any atom is 0.273 e. The fourth-order valence-corrected chi connectivity index (χ4v) is 3.58. The van der Waals surface area contributed by atoms with E-state index in [-0.39, 0.29) is 12.0 Å². The number of carbonyl (C=O) groups is 1. The Kier molecular flexibility index (Phi) is 5.86. The normalized spacial score (nSPS) is 23.7. The van der Waals surface area contributed by atoms with Crippen LogP contribution in [0.15, 0.2) is 10.6 Å². The van der Waals surface area contributed by atoms with E-state index in [2.05, 4.69) is 27.3 Å². The zero-order chi connectivity index (χ0) is 16.9. The van der Waals surface area contributed by atoms with E-state index in [4.69, 9.17) is 4.52 Å². The lowest BCUT2D eigenvalue weighted by Gasteiger charge is -2.28. The van der Waals surface area contributed by atoms with E-state index in [0.29, 0.717) is 30.6 Å². The zero-order valence-corrected chi connectivity index (χ0v) is 14.4. The number of aliphatic hydroxyl groups excluding tert-OH is 1. The average molecular weight is 336 g/mol. The standard InChI is InChI=1S/C17H28N4O3/c1-20-8-2-3-13(20)4-7-18-17(23)16-11-15(24-19-16)12-21-9-5-14(22)6-10-21/h11,13-14,22H,2-10,12H2,1H3,(H,18,23)/t13-/m1/s1. The number of carbonyl (C=O) groups excluding carboxylic acids is 1. The van der Waals surface area contributed by atoms with E-state index < -0.39 is 0 Å². The van der Waals surface area contributed by atoms with Crippen molar-refractivity contribution in [3.05, 3.63) is 17.5 Å². The van der Waals surface area contributed by atoms with Gasteiger partial charge in [0.15, 0.2) is 11.5 Å². The van der Waals surface area contributed by atoms with Gasteiger partial charge in [0.2, 0.25) is 0 Å². The topological polar surface area (TPSA) is 81.8 Å². The highest BCUT2D eigenvalue weighted by atomic mass is 16.5. The summed E-state index contributed by atoms with van der Waals surface area (Å²) in [4.78, 5) is 16.7. The molecule has 7 nitrogen and oxygen atoms in total. The number of hydrogen-bond donors (Lipinski definition) is 2. The molecule has 1 amide bonds. The van der Waals surface area contributed by atoms with Gasteiger partial charge in [0.05, 0.1) is 12.6 Å². The Balaban J connectivity index is 1.41. The largest absolute Gasteiger partial charge is 0.393 e. The van der Waals surface area contributed by atoms with Crippen LogP contribution in [0, 0.1) is 0 Å². The van der Waals surface area contributed by atoms with Crippen molar-refractivity contribution in [1.29, 1.82) is 0 Å². The number of aliphatic hydroxyl groups is 1. The van der Waals surface area contributed by atoms with Crippen LogP contribution in [0.2, 0.25) is 0 Å². The quantitative estimate of drug-likeness (QED) is 0.801. The monoisotopic (exact) mass is 336 g/mol. The first-order valence-corrected chi connectivity index (χ1v) is 8.96. The van der Waals surface area contributed by atoms with Crippen LogP contribution in [0.1, 0.15) is 48.4 Å². The maximum atomic E-state index is 12.2. The third kappa shape index (κ3) is 4.55. The highest BCUT2D eigenvalue weighted by Gasteiger charge is 2.22. The summed E-state index contributed by atoms with van der Waals surface area (Å²) in [5.74, 6) is 0.534. The lowest BCUT2D eigenvalue weighted by atomic mass is 10.1. The Morgan fingerprint density at radius 1 is 1.38 bits per heavy atom. The van der Waals surface area contributed by atoms with Crippen molar-refractivity contribution in [3.63, 3.8) is 0 Å². The molecule has 3 rings (SSSR count). The number of hydrogen-bond acceptors (Lipinski definition) is 6. The molecule has 134 valence electrons. The average Bonchev–Trinajstić information content (AvgIpc) is 3.19. The minimum Gasteiger partial charge on any atom is -0.393 e.